The molecule has 0 saturated carbocycles. The van der Waals surface area contributed by atoms with Crippen LogP contribution >= 0.6 is 0 Å². The monoisotopic (exact) mass is 580 g/mol. The van der Waals surface area contributed by atoms with E-state index in [1.54, 1.807) is 0 Å². The maximum absolute atomic E-state index is 4.14. The SMILES string of the molecule is c1ccc(CCCN2CCCC(Cn3ccnc3)C2)cc1.c1ccc(CCCN2CCCCC2CCn2ccnc2)cc1. The Bertz CT molecular complexity index is 1220. The minimum absolute atomic E-state index is 0.756. The van der Waals surface area contributed by atoms with Crippen LogP contribution in [0.4, 0.5) is 0 Å². The van der Waals surface area contributed by atoms with Crippen LogP contribution in [0.2, 0.25) is 0 Å². The highest BCUT2D eigenvalue weighted by Gasteiger charge is 2.22. The van der Waals surface area contributed by atoms with Gasteiger partial charge in [0.1, 0.15) is 0 Å². The smallest absolute Gasteiger partial charge is 0.0946 e. The van der Waals surface area contributed by atoms with E-state index in [9.17, 15) is 0 Å². The van der Waals surface area contributed by atoms with Gasteiger partial charge in [-0.2, -0.15) is 0 Å². The lowest BCUT2D eigenvalue weighted by atomic mass is 9.97. The van der Waals surface area contributed by atoms with Crippen molar-refractivity contribution in [2.75, 3.05) is 32.7 Å². The first-order chi connectivity index (χ1) is 21.3. The highest BCUT2D eigenvalue weighted by Crippen LogP contribution is 2.21. The molecule has 6 rings (SSSR count). The lowest BCUT2D eigenvalue weighted by Gasteiger charge is -2.36. The van der Waals surface area contributed by atoms with E-state index >= 15 is 0 Å². The Morgan fingerprint density at radius 3 is 2.00 bits per heavy atom. The maximum atomic E-state index is 4.14. The molecule has 6 heteroatoms. The number of imidazole rings is 2. The predicted octanol–water partition coefficient (Wildman–Crippen LogP) is 6.99. The summed E-state index contributed by atoms with van der Waals surface area (Å²) in [6.45, 7) is 8.49. The van der Waals surface area contributed by atoms with Crippen molar-refractivity contribution in [3.8, 4) is 0 Å². The van der Waals surface area contributed by atoms with Gasteiger partial charge in [0, 0.05) is 50.5 Å². The van der Waals surface area contributed by atoms with Crippen LogP contribution in [0.3, 0.4) is 0 Å². The van der Waals surface area contributed by atoms with E-state index in [0.29, 0.717) is 0 Å². The first-order valence-corrected chi connectivity index (χ1v) is 16.8. The molecule has 2 aliphatic heterocycles. The Morgan fingerprint density at radius 2 is 1.33 bits per heavy atom. The van der Waals surface area contributed by atoms with Gasteiger partial charge in [0.15, 0.2) is 0 Å². The Hall–Kier alpha value is -3.22. The number of rotatable bonds is 13. The Kier molecular flexibility index (Phi) is 12.9. The van der Waals surface area contributed by atoms with Gasteiger partial charge in [-0.3, -0.25) is 0 Å². The van der Waals surface area contributed by atoms with Gasteiger partial charge in [0.2, 0.25) is 0 Å². The largest absolute Gasteiger partial charge is 0.337 e. The molecule has 0 N–H and O–H groups in total. The summed E-state index contributed by atoms with van der Waals surface area (Å²) in [4.78, 5) is 13.6. The number of likely N-dealkylation sites (tertiary alicyclic amines) is 2. The minimum Gasteiger partial charge on any atom is -0.337 e. The van der Waals surface area contributed by atoms with E-state index in [1.165, 1.54) is 108 Å². The van der Waals surface area contributed by atoms with Gasteiger partial charge in [-0.15, -0.1) is 0 Å². The third-order valence-corrected chi connectivity index (χ3v) is 9.20. The van der Waals surface area contributed by atoms with Crippen LogP contribution in [0.15, 0.2) is 98.1 Å². The highest BCUT2D eigenvalue weighted by atomic mass is 15.2. The van der Waals surface area contributed by atoms with Crippen molar-refractivity contribution < 1.29 is 0 Å². The Labute approximate surface area is 259 Å². The third-order valence-electron chi connectivity index (χ3n) is 9.20. The zero-order valence-corrected chi connectivity index (χ0v) is 26.1. The molecule has 43 heavy (non-hydrogen) atoms. The summed E-state index contributed by atoms with van der Waals surface area (Å²) in [5.41, 5.74) is 2.93. The summed E-state index contributed by atoms with van der Waals surface area (Å²) < 4.78 is 4.43. The molecule has 2 atom stereocenters. The van der Waals surface area contributed by atoms with Crippen molar-refractivity contribution in [1.82, 2.24) is 28.9 Å². The van der Waals surface area contributed by atoms with Crippen molar-refractivity contribution in [3.05, 3.63) is 109 Å². The molecule has 4 heterocycles. The van der Waals surface area contributed by atoms with Crippen LogP contribution in [0, 0.1) is 5.92 Å². The molecule has 230 valence electrons. The number of aromatic nitrogens is 4. The van der Waals surface area contributed by atoms with Crippen LogP contribution in [0.25, 0.3) is 0 Å². The van der Waals surface area contributed by atoms with Crippen molar-refractivity contribution in [3.63, 3.8) is 0 Å². The second kappa shape index (κ2) is 17.8. The molecule has 0 radical (unpaired) electrons. The van der Waals surface area contributed by atoms with Crippen LogP contribution in [-0.4, -0.2) is 67.7 Å². The van der Waals surface area contributed by atoms with E-state index in [4.69, 9.17) is 0 Å². The van der Waals surface area contributed by atoms with E-state index in [1.807, 2.05) is 25.0 Å². The number of nitrogens with zero attached hydrogens (tertiary/aromatic N) is 6. The van der Waals surface area contributed by atoms with Crippen molar-refractivity contribution >= 4 is 0 Å². The molecule has 2 aromatic heterocycles. The standard InChI is InChI=1S/C19H27N3.C18H25N3/c1-2-7-18(8-3-1)9-6-14-22-13-5-4-10-19(22)11-15-21-16-12-20-17-21;1-2-6-17(7-3-1)8-4-11-20-12-5-9-18(14-20)15-21-13-10-19-16-21/h1-3,7-8,12,16-17,19H,4-6,9-11,13-15H2;1-3,6-7,10,13,16,18H,4-5,8-9,11-12,14-15H2. The average molecular weight is 581 g/mol. The molecule has 6 nitrogen and oxygen atoms in total. The number of piperidine rings is 2. The number of hydrogen-bond donors (Lipinski definition) is 0. The summed E-state index contributed by atoms with van der Waals surface area (Å²) in [5, 5.41) is 0. The summed E-state index contributed by atoms with van der Waals surface area (Å²) in [6, 6.07) is 22.5. The molecule has 2 saturated heterocycles. The fourth-order valence-corrected chi connectivity index (χ4v) is 6.88. The summed E-state index contributed by atoms with van der Waals surface area (Å²) >= 11 is 0. The molecule has 2 aliphatic rings. The fourth-order valence-electron chi connectivity index (χ4n) is 6.88. The average Bonchev–Trinajstić information content (AvgIpc) is 3.77. The Morgan fingerprint density at radius 1 is 0.651 bits per heavy atom. The molecule has 2 fully saturated rings. The van der Waals surface area contributed by atoms with Crippen LogP contribution < -0.4 is 0 Å². The zero-order valence-electron chi connectivity index (χ0n) is 26.1. The quantitative estimate of drug-likeness (QED) is 0.171. The molecule has 0 amide bonds. The van der Waals surface area contributed by atoms with Gasteiger partial charge in [-0.1, -0.05) is 67.1 Å². The van der Waals surface area contributed by atoms with Crippen LogP contribution in [0.1, 0.15) is 62.5 Å². The lowest BCUT2D eigenvalue weighted by Crippen LogP contribution is -2.40. The third kappa shape index (κ3) is 11.1. The maximum Gasteiger partial charge on any atom is 0.0946 e. The van der Waals surface area contributed by atoms with Gasteiger partial charge in [0.05, 0.1) is 12.7 Å². The second-order valence-corrected chi connectivity index (χ2v) is 12.5. The Balaban J connectivity index is 0.000000171. The number of aryl methyl sites for hydroxylation is 3. The summed E-state index contributed by atoms with van der Waals surface area (Å²) in [6.07, 6.45) is 24.8. The van der Waals surface area contributed by atoms with Gasteiger partial charge < -0.3 is 18.9 Å². The first kappa shape index (κ1) is 31.2. The second-order valence-electron chi connectivity index (χ2n) is 12.5. The van der Waals surface area contributed by atoms with Gasteiger partial charge >= 0.3 is 0 Å². The normalized spacial score (nSPS) is 19.5. The number of hydrogen-bond acceptors (Lipinski definition) is 4. The lowest BCUT2D eigenvalue weighted by molar-refractivity contribution is 0.134. The highest BCUT2D eigenvalue weighted by molar-refractivity contribution is 5.15. The first-order valence-electron chi connectivity index (χ1n) is 16.8. The molecule has 0 spiro atoms. The molecule has 0 aliphatic carbocycles. The van der Waals surface area contributed by atoms with Crippen LogP contribution in [0.5, 0.6) is 0 Å². The van der Waals surface area contributed by atoms with E-state index in [2.05, 4.69) is 102 Å². The van der Waals surface area contributed by atoms with Crippen LogP contribution in [-0.2, 0) is 25.9 Å². The summed E-state index contributed by atoms with van der Waals surface area (Å²) in [7, 11) is 0. The number of benzene rings is 2. The molecular formula is C37H52N6. The molecule has 4 aromatic rings. The van der Waals surface area contributed by atoms with Gasteiger partial charge in [-0.05, 0) is 101 Å². The minimum atomic E-state index is 0.756. The van der Waals surface area contributed by atoms with Gasteiger partial charge in [-0.25, -0.2) is 9.97 Å². The molecule has 0 bridgehead atoms. The fraction of sp³-hybridized carbons (Fsp3) is 0.514. The van der Waals surface area contributed by atoms with E-state index in [-0.39, 0.29) is 0 Å². The van der Waals surface area contributed by atoms with Gasteiger partial charge in [0.25, 0.3) is 0 Å². The topological polar surface area (TPSA) is 42.1 Å². The van der Waals surface area contributed by atoms with E-state index in [0.717, 1.165) is 25.0 Å². The summed E-state index contributed by atoms with van der Waals surface area (Å²) in [5.74, 6) is 0.782. The predicted molar refractivity (Wildman–Crippen MR) is 177 cm³/mol. The zero-order chi connectivity index (χ0) is 29.4. The van der Waals surface area contributed by atoms with Crippen molar-refractivity contribution in [1.29, 1.82) is 0 Å². The van der Waals surface area contributed by atoms with Crippen molar-refractivity contribution in [2.45, 2.75) is 83.3 Å². The molecule has 2 aromatic carbocycles. The van der Waals surface area contributed by atoms with Crippen molar-refractivity contribution in [2.24, 2.45) is 5.92 Å². The molecule has 2 unspecified atom stereocenters. The molecular weight excluding hydrogens is 528 g/mol. The van der Waals surface area contributed by atoms with E-state index < -0.39 is 0 Å².